The third-order valence-electron chi connectivity index (χ3n) is 2.59. The van der Waals surface area contributed by atoms with Gasteiger partial charge in [-0.1, -0.05) is 18.2 Å². The molecule has 1 unspecified atom stereocenters. The first-order valence-corrected chi connectivity index (χ1v) is 5.91. The van der Waals surface area contributed by atoms with Crippen LogP contribution in [0.5, 0.6) is 0 Å². The maximum Gasteiger partial charge on any atom is 0.253 e. The lowest BCUT2D eigenvalue weighted by Gasteiger charge is -2.21. The van der Waals surface area contributed by atoms with Crippen LogP contribution in [0.2, 0.25) is 0 Å². The Morgan fingerprint density at radius 2 is 2.00 bits per heavy atom. The van der Waals surface area contributed by atoms with Crippen LogP contribution < -0.4 is 11.1 Å². The number of methoxy groups -OCH3 is 1. The van der Waals surface area contributed by atoms with E-state index in [0.29, 0.717) is 5.69 Å². The van der Waals surface area contributed by atoms with Crippen LogP contribution in [0, 0.1) is 0 Å². The Hall–Kier alpha value is -1.92. The molecule has 0 radical (unpaired) electrons. The highest BCUT2D eigenvalue weighted by Crippen LogP contribution is 2.05. The van der Waals surface area contributed by atoms with E-state index < -0.39 is 6.10 Å². The lowest BCUT2D eigenvalue weighted by Crippen LogP contribution is -2.44. The Kier molecular flexibility index (Phi) is 5.98. The number of amides is 2. The molecule has 6 nitrogen and oxygen atoms in total. The molecule has 0 spiro atoms. The van der Waals surface area contributed by atoms with Gasteiger partial charge in [-0.05, 0) is 12.1 Å². The van der Waals surface area contributed by atoms with Crippen LogP contribution in [-0.4, -0.2) is 50.1 Å². The van der Waals surface area contributed by atoms with Crippen molar-refractivity contribution in [1.29, 1.82) is 0 Å². The Morgan fingerprint density at radius 3 is 2.53 bits per heavy atom. The fourth-order valence-corrected chi connectivity index (χ4v) is 1.56. The summed E-state index contributed by atoms with van der Waals surface area (Å²) < 4.78 is 4.93. The van der Waals surface area contributed by atoms with Crippen LogP contribution in [0.3, 0.4) is 0 Å². The summed E-state index contributed by atoms with van der Waals surface area (Å²) in [5.74, 6) is -0.581. The lowest BCUT2D eigenvalue weighted by atomic mass is 10.3. The fourth-order valence-electron chi connectivity index (χ4n) is 1.56. The molecule has 0 bridgehead atoms. The second-order valence-electron chi connectivity index (χ2n) is 4.07. The molecule has 1 aromatic rings. The summed E-state index contributed by atoms with van der Waals surface area (Å²) in [4.78, 5) is 24.9. The number of benzene rings is 1. The van der Waals surface area contributed by atoms with Crippen LogP contribution in [0.4, 0.5) is 5.69 Å². The number of rotatable bonds is 6. The molecule has 1 atom stereocenters. The third-order valence-corrected chi connectivity index (χ3v) is 2.59. The topological polar surface area (TPSA) is 84.7 Å². The number of ether oxygens (including phenoxy) is 1. The zero-order chi connectivity index (χ0) is 14.3. The van der Waals surface area contributed by atoms with Crippen LogP contribution in [0.15, 0.2) is 30.3 Å². The molecule has 1 rings (SSSR count). The van der Waals surface area contributed by atoms with Gasteiger partial charge in [-0.15, -0.1) is 0 Å². The Bertz CT molecular complexity index is 418. The Morgan fingerprint density at radius 1 is 1.37 bits per heavy atom. The van der Waals surface area contributed by atoms with Crippen molar-refractivity contribution in [2.24, 2.45) is 5.73 Å². The number of carbonyl (C=O) groups excluding carboxylic acids is 2. The number of nitrogens with two attached hydrogens (primary N) is 1. The molecular weight excluding hydrogens is 246 g/mol. The summed E-state index contributed by atoms with van der Waals surface area (Å²) in [5, 5.41) is 2.70. The zero-order valence-electron chi connectivity index (χ0n) is 11.1. The third kappa shape index (κ3) is 4.69. The second kappa shape index (κ2) is 7.50. The highest BCUT2D eigenvalue weighted by molar-refractivity contribution is 5.95. The maximum absolute atomic E-state index is 11.8. The lowest BCUT2D eigenvalue weighted by molar-refractivity contribution is -0.142. The standard InChI is InChI=1S/C13H19N3O3/c1-16(13(18)11(8-14)19-2)9-12(17)15-10-6-4-3-5-7-10/h3-7,11H,8-9,14H2,1-2H3,(H,15,17). The minimum Gasteiger partial charge on any atom is -0.370 e. The van der Waals surface area contributed by atoms with Gasteiger partial charge in [-0.25, -0.2) is 0 Å². The summed E-state index contributed by atoms with van der Waals surface area (Å²) in [7, 11) is 2.95. The summed E-state index contributed by atoms with van der Waals surface area (Å²) in [5.41, 5.74) is 6.09. The average molecular weight is 265 g/mol. The minimum absolute atomic E-state index is 0.0480. The van der Waals surface area contributed by atoms with Gasteiger partial charge in [0.15, 0.2) is 0 Å². The molecule has 3 N–H and O–H groups in total. The maximum atomic E-state index is 11.8. The van der Waals surface area contributed by atoms with E-state index in [1.165, 1.54) is 19.1 Å². The molecule has 0 aliphatic heterocycles. The summed E-state index contributed by atoms with van der Waals surface area (Å²) >= 11 is 0. The minimum atomic E-state index is -0.713. The van der Waals surface area contributed by atoms with Gasteiger partial charge >= 0.3 is 0 Å². The summed E-state index contributed by atoms with van der Waals surface area (Å²) in [6.45, 7) is 0.0353. The molecule has 0 aliphatic rings. The molecule has 19 heavy (non-hydrogen) atoms. The van der Waals surface area contributed by atoms with Crippen LogP contribution in [-0.2, 0) is 14.3 Å². The number of hydrogen-bond donors (Lipinski definition) is 2. The Balaban J connectivity index is 2.50. The quantitative estimate of drug-likeness (QED) is 0.761. The first kappa shape index (κ1) is 15.1. The number of para-hydroxylation sites is 1. The van der Waals surface area contributed by atoms with E-state index in [1.54, 1.807) is 12.1 Å². The molecule has 0 aliphatic carbocycles. The monoisotopic (exact) mass is 265 g/mol. The first-order chi connectivity index (χ1) is 9.08. The van der Waals surface area contributed by atoms with E-state index in [4.69, 9.17) is 10.5 Å². The van der Waals surface area contributed by atoms with E-state index in [1.807, 2.05) is 18.2 Å². The fraction of sp³-hybridized carbons (Fsp3) is 0.385. The molecule has 6 heteroatoms. The molecule has 0 saturated heterocycles. The van der Waals surface area contributed by atoms with Gasteiger partial charge in [0, 0.05) is 26.4 Å². The summed E-state index contributed by atoms with van der Waals surface area (Å²) in [6, 6.07) is 9.05. The predicted octanol–water partition coefficient (Wildman–Crippen LogP) is 0.0572. The zero-order valence-corrected chi connectivity index (χ0v) is 11.1. The van der Waals surface area contributed by atoms with Crippen LogP contribution in [0.1, 0.15) is 0 Å². The van der Waals surface area contributed by atoms with E-state index in [0.717, 1.165) is 0 Å². The predicted molar refractivity (Wildman–Crippen MR) is 72.6 cm³/mol. The smallest absolute Gasteiger partial charge is 0.253 e. The number of nitrogens with zero attached hydrogens (tertiary/aromatic N) is 1. The number of hydrogen-bond acceptors (Lipinski definition) is 4. The van der Waals surface area contributed by atoms with E-state index in [9.17, 15) is 9.59 Å². The van der Waals surface area contributed by atoms with Gasteiger partial charge < -0.3 is 20.7 Å². The summed E-state index contributed by atoms with van der Waals surface area (Å²) in [6.07, 6.45) is -0.713. The van der Waals surface area contributed by atoms with Crippen molar-refractivity contribution in [3.05, 3.63) is 30.3 Å². The van der Waals surface area contributed by atoms with Crippen molar-refractivity contribution >= 4 is 17.5 Å². The van der Waals surface area contributed by atoms with E-state index in [2.05, 4.69) is 5.32 Å². The number of likely N-dealkylation sites (N-methyl/N-ethyl adjacent to an activating group) is 1. The van der Waals surface area contributed by atoms with Crippen molar-refractivity contribution in [1.82, 2.24) is 4.90 Å². The van der Waals surface area contributed by atoms with Gasteiger partial charge in [0.2, 0.25) is 5.91 Å². The molecular formula is C13H19N3O3. The van der Waals surface area contributed by atoms with Crippen molar-refractivity contribution < 1.29 is 14.3 Å². The van der Waals surface area contributed by atoms with E-state index >= 15 is 0 Å². The van der Waals surface area contributed by atoms with Crippen LogP contribution >= 0.6 is 0 Å². The van der Waals surface area contributed by atoms with Crippen molar-refractivity contribution in [2.75, 3.05) is 32.6 Å². The highest BCUT2D eigenvalue weighted by atomic mass is 16.5. The Labute approximate surface area is 112 Å². The first-order valence-electron chi connectivity index (χ1n) is 5.91. The van der Waals surface area contributed by atoms with Gasteiger partial charge in [-0.3, -0.25) is 9.59 Å². The second-order valence-corrected chi connectivity index (χ2v) is 4.07. The molecule has 0 aromatic heterocycles. The SMILES string of the molecule is COC(CN)C(=O)N(C)CC(=O)Nc1ccccc1. The van der Waals surface area contributed by atoms with Gasteiger partial charge in [-0.2, -0.15) is 0 Å². The van der Waals surface area contributed by atoms with Gasteiger partial charge in [0.25, 0.3) is 5.91 Å². The molecule has 1 aromatic carbocycles. The van der Waals surface area contributed by atoms with Crippen molar-refractivity contribution in [3.63, 3.8) is 0 Å². The normalized spacial score (nSPS) is 11.7. The number of anilines is 1. The molecule has 0 fully saturated rings. The molecule has 2 amide bonds. The van der Waals surface area contributed by atoms with Crippen LogP contribution in [0.25, 0.3) is 0 Å². The van der Waals surface area contributed by atoms with Gasteiger partial charge in [0.05, 0.1) is 6.54 Å². The van der Waals surface area contributed by atoms with Crippen molar-refractivity contribution in [2.45, 2.75) is 6.10 Å². The largest absolute Gasteiger partial charge is 0.370 e. The molecule has 0 saturated carbocycles. The van der Waals surface area contributed by atoms with E-state index in [-0.39, 0.29) is 24.9 Å². The highest BCUT2D eigenvalue weighted by Gasteiger charge is 2.21. The van der Waals surface area contributed by atoms with Gasteiger partial charge in [0.1, 0.15) is 6.10 Å². The number of carbonyl (C=O) groups is 2. The molecule has 104 valence electrons. The van der Waals surface area contributed by atoms with Crippen molar-refractivity contribution in [3.8, 4) is 0 Å². The molecule has 0 heterocycles. The number of nitrogens with one attached hydrogen (secondary N) is 1. The average Bonchev–Trinajstić information content (AvgIpc) is 2.40.